The molecule has 0 aliphatic carbocycles. The molecule has 10 heavy (non-hydrogen) atoms. The molecule has 0 unspecified atom stereocenters. The Morgan fingerprint density at radius 3 is 1.40 bits per heavy atom. The first kappa shape index (κ1) is 10.2. The van der Waals surface area contributed by atoms with E-state index in [9.17, 15) is 0 Å². The van der Waals surface area contributed by atoms with Gasteiger partial charge in [-0.2, -0.15) is 0 Å². The zero-order valence-electron chi connectivity index (χ0n) is 7.47. The van der Waals surface area contributed by atoms with Crippen LogP contribution >= 0.6 is 0 Å². The third-order valence-electron chi connectivity index (χ3n) is 2.58. The van der Waals surface area contributed by atoms with Gasteiger partial charge in [-0.1, -0.05) is 33.9 Å². The van der Waals surface area contributed by atoms with Crippen LogP contribution in [0.3, 0.4) is 0 Å². The summed E-state index contributed by atoms with van der Waals surface area (Å²) in [5, 5.41) is 18.1. The first-order valence-corrected chi connectivity index (χ1v) is 6.63. The molecule has 60 valence electrons. The summed E-state index contributed by atoms with van der Waals surface area (Å²) in [5.74, 6) is 0. The van der Waals surface area contributed by atoms with Crippen molar-refractivity contribution in [2.24, 2.45) is 0 Å². The molecule has 0 aromatic rings. The van der Waals surface area contributed by atoms with Crippen molar-refractivity contribution >= 4 is 14.7 Å². The number of rotatable bonds is 1. The molecule has 0 amide bonds. The molecule has 0 spiro atoms. The van der Waals surface area contributed by atoms with Crippen LogP contribution in [-0.2, 0) is 0 Å². The molecule has 2 nitrogen and oxygen atoms in total. The summed E-state index contributed by atoms with van der Waals surface area (Å²) in [7, 11) is -1.87. The minimum Gasteiger partial charge on any atom is -0.430 e. The van der Waals surface area contributed by atoms with E-state index in [0.717, 1.165) is 0 Å². The van der Waals surface area contributed by atoms with E-state index < -0.39 is 14.7 Å². The van der Waals surface area contributed by atoms with E-state index in [1.165, 1.54) is 0 Å². The second kappa shape index (κ2) is 2.68. The van der Waals surface area contributed by atoms with Gasteiger partial charge in [-0.25, -0.2) is 0 Å². The van der Waals surface area contributed by atoms with Crippen LogP contribution in [0.2, 0.25) is 18.1 Å². The van der Waals surface area contributed by atoms with E-state index in [0.29, 0.717) is 0 Å². The molecule has 0 aliphatic rings. The predicted octanol–water partition coefficient (Wildman–Crippen LogP) is 1.05. The first-order chi connectivity index (χ1) is 4.19. The van der Waals surface area contributed by atoms with Crippen LogP contribution in [0.15, 0.2) is 0 Å². The third-order valence-corrected chi connectivity index (χ3v) is 7.74. The van der Waals surface area contributed by atoms with Crippen molar-refractivity contribution in [1.82, 2.24) is 0 Å². The normalized spacial score (nSPS) is 13.5. The minimum atomic E-state index is -1.87. The lowest BCUT2D eigenvalue weighted by molar-refractivity contribution is 0.426. The molecule has 0 aromatic heterocycles. The number of hydrogen-bond acceptors (Lipinski definition) is 2. The molecule has 0 bridgehead atoms. The topological polar surface area (TPSA) is 40.5 Å². The smallest absolute Gasteiger partial charge is 0.427 e. The van der Waals surface area contributed by atoms with E-state index in [4.69, 9.17) is 10.0 Å². The Kier molecular flexibility index (Phi) is 2.73. The Bertz CT molecular complexity index is 117. The molecule has 4 heteroatoms. The molecular formula is C6H17BO2Si. The summed E-state index contributed by atoms with van der Waals surface area (Å²) in [6.07, 6.45) is 0. The summed E-state index contributed by atoms with van der Waals surface area (Å²) >= 11 is 0. The zero-order valence-corrected chi connectivity index (χ0v) is 8.47. The highest BCUT2D eigenvalue weighted by atomic mass is 28.3. The van der Waals surface area contributed by atoms with Crippen LogP contribution < -0.4 is 0 Å². The SMILES string of the molecule is CC(C)(C)[Si](C)(C)B(O)O. The first-order valence-electron chi connectivity index (χ1n) is 3.56. The maximum atomic E-state index is 9.03. The highest BCUT2D eigenvalue weighted by Crippen LogP contribution is 2.36. The molecule has 0 atom stereocenters. The van der Waals surface area contributed by atoms with E-state index in [-0.39, 0.29) is 5.04 Å². The zero-order chi connectivity index (χ0) is 8.58. The van der Waals surface area contributed by atoms with E-state index in [1.54, 1.807) is 0 Å². The third kappa shape index (κ3) is 1.84. The second-order valence-corrected chi connectivity index (χ2v) is 9.81. The summed E-state index contributed by atoms with van der Waals surface area (Å²) in [6, 6.07) is 0. The van der Waals surface area contributed by atoms with E-state index >= 15 is 0 Å². The average molecular weight is 160 g/mol. The predicted molar refractivity (Wildman–Crippen MR) is 47.4 cm³/mol. The van der Waals surface area contributed by atoms with Gasteiger partial charge in [0, 0.05) is 0 Å². The summed E-state index contributed by atoms with van der Waals surface area (Å²) in [6.45, 7) is 9.03. The van der Waals surface area contributed by atoms with E-state index in [1.807, 2.05) is 13.1 Å². The lowest BCUT2D eigenvalue weighted by atomic mass is 10.2. The van der Waals surface area contributed by atoms with Crippen molar-refractivity contribution in [2.45, 2.75) is 38.9 Å². The summed E-state index contributed by atoms with van der Waals surface area (Å²) in [4.78, 5) is 0. The lowest BCUT2D eigenvalue weighted by Gasteiger charge is -2.35. The van der Waals surface area contributed by atoms with Crippen LogP contribution in [-0.4, -0.2) is 24.7 Å². The largest absolute Gasteiger partial charge is 0.430 e. The Morgan fingerprint density at radius 2 is 1.40 bits per heavy atom. The monoisotopic (exact) mass is 160 g/mol. The summed E-state index contributed by atoms with van der Waals surface area (Å²) < 4.78 is 0. The molecule has 0 fully saturated rings. The molecule has 2 N–H and O–H groups in total. The van der Waals surface area contributed by atoms with Crippen molar-refractivity contribution in [3.63, 3.8) is 0 Å². The van der Waals surface area contributed by atoms with Gasteiger partial charge in [0.25, 0.3) is 0 Å². The molecule has 0 aromatic carbocycles. The van der Waals surface area contributed by atoms with Gasteiger partial charge >= 0.3 is 6.71 Å². The highest BCUT2D eigenvalue weighted by molar-refractivity contribution is 7.27. The average Bonchev–Trinajstić information content (AvgIpc) is 1.62. The van der Waals surface area contributed by atoms with Gasteiger partial charge in [0.15, 0.2) is 0 Å². The lowest BCUT2D eigenvalue weighted by Crippen LogP contribution is -2.53. The van der Waals surface area contributed by atoms with E-state index in [2.05, 4.69) is 20.8 Å². The fraction of sp³-hybridized carbons (Fsp3) is 1.00. The Hall–Kier alpha value is 0.202. The number of hydrogen-bond donors (Lipinski definition) is 2. The van der Waals surface area contributed by atoms with Crippen molar-refractivity contribution in [2.75, 3.05) is 0 Å². The van der Waals surface area contributed by atoms with Gasteiger partial charge in [0.05, 0.1) is 0 Å². The Labute approximate surface area is 64.4 Å². The molecule has 0 saturated heterocycles. The van der Waals surface area contributed by atoms with Gasteiger partial charge in [-0.05, 0) is 5.04 Å². The van der Waals surface area contributed by atoms with Crippen LogP contribution in [0.25, 0.3) is 0 Å². The van der Waals surface area contributed by atoms with Gasteiger partial charge in [0.1, 0.15) is 7.94 Å². The van der Waals surface area contributed by atoms with Crippen molar-refractivity contribution < 1.29 is 10.0 Å². The minimum absolute atomic E-state index is 0.0567. The van der Waals surface area contributed by atoms with Gasteiger partial charge in [-0.15, -0.1) is 0 Å². The van der Waals surface area contributed by atoms with Crippen LogP contribution in [0.1, 0.15) is 20.8 Å². The van der Waals surface area contributed by atoms with Crippen LogP contribution in [0.5, 0.6) is 0 Å². The van der Waals surface area contributed by atoms with Crippen LogP contribution in [0.4, 0.5) is 0 Å². The van der Waals surface area contributed by atoms with Gasteiger partial charge in [-0.3, -0.25) is 0 Å². The second-order valence-electron chi connectivity index (χ2n) is 4.35. The van der Waals surface area contributed by atoms with Crippen molar-refractivity contribution in [3.05, 3.63) is 0 Å². The van der Waals surface area contributed by atoms with Gasteiger partial charge < -0.3 is 10.0 Å². The van der Waals surface area contributed by atoms with Crippen molar-refractivity contribution in [1.29, 1.82) is 0 Å². The van der Waals surface area contributed by atoms with Gasteiger partial charge in [0.2, 0.25) is 0 Å². The standard InChI is InChI=1S/C6H17BO2Si/c1-6(2,3)10(4,5)7(8)9/h8-9H,1-5H3. The molecule has 0 radical (unpaired) electrons. The maximum Gasteiger partial charge on any atom is 0.427 e. The molecule has 0 rings (SSSR count). The molecule has 0 heterocycles. The maximum absolute atomic E-state index is 9.03. The Balaban J connectivity index is 4.40. The summed E-state index contributed by atoms with van der Waals surface area (Å²) in [5.41, 5.74) is 0. The molecular weight excluding hydrogens is 143 g/mol. The van der Waals surface area contributed by atoms with Crippen LogP contribution in [0, 0.1) is 0 Å². The molecule has 0 saturated carbocycles. The molecule has 0 aliphatic heterocycles. The van der Waals surface area contributed by atoms with Crippen molar-refractivity contribution in [3.8, 4) is 0 Å². The Morgan fingerprint density at radius 1 is 1.10 bits per heavy atom. The quantitative estimate of drug-likeness (QED) is 0.563. The fourth-order valence-electron chi connectivity index (χ4n) is 0.387. The highest BCUT2D eigenvalue weighted by Gasteiger charge is 2.44. The fourth-order valence-corrected chi connectivity index (χ4v) is 1.16.